The molecule has 10 heteroatoms. The first kappa shape index (κ1) is 16.7. The third-order valence-corrected chi connectivity index (χ3v) is 3.34. The van der Waals surface area contributed by atoms with E-state index >= 15 is 0 Å². The summed E-state index contributed by atoms with van der Waals surface area (Å²) in [5, 5.41) is 21.4. The zero-order valence-electron chi connectivity index (χ0n) is 13.1. The number of ether oxygens (including phenoxy) is 1. The van der Waals surface area contributed by atoms with Crippen molar-refractivity contribution in [1.82, 2.24) is 25.6 Å². The minimum absolute atomic E-state index is 0.0746. The zero-order valence-corrected chi connectivity index (χ0v) is 13.1. The van der Waals surface area contributed by atoms with Gasteiger partial charge in [-0.1, -0.05) is 0 Å². The molecule has 1 aliphatic heterocycles. The van der Waals surface area contributed by atoms with Crippen LogP contribution < -0.4 is 5.32 Å². The van der Waals surface area contributed by atoms with Gasteiger partial charge in [-0.25, -0.2) is 9.59 Å². The lowest BCUT2D eigenvalue weighted by atomic mass is 9.99. The van der Waals surface area contributed by atoms with Gasteiger partial charge >= 0.3 is 12.1 Å². The van der Waals surface area contributed by atoms with E-state index in [4.69, 9.17) is 4.74 Å². The second-order valence-corrected chi connectivity index (χ2v) is 6.35. The number of hydrogen-bond donors (Lipinski definition) is 3. The molecule has 1 fully saturated rings. The quantitative estimate of drug-likeness (QED) is 0.711. The molecule has 1 atom stereocenters. The van der Waals surface area contributed by atoms with Crippen LogP contribution in [0.5, 0.6) is 0 Å². The molecule has 1 saturated heterocycles. The molecule has 0 aromatic carbocycles. The Balaban J connectivity index is 2.10. The number of alkyl carbamates (subject to hydrolysis) is 1. The summed E-state index contributed by atoms with van der Waals surface area (Å²) in [6, 6.07) is 0. The number of nitrogens with one attached hydrogen (secondary N) is 2. The van der Waals surface area contributed by atoms with Crippen LogP contribution in [0.3, 0.4) is 0 Å². The number of rotatable bonds is 3. The molecule has 23 heavy (non-hydrogen) atoms. The highest BCUT2D eigenvalue weighted by Gasteiger charge is 2.48. The zero-order chi connectivity index (χ0) is 17.3. The highest BCUT2D eigenvalue weighted by Crippen LogP contribution is 2.24. The highest BCUT2D eigenvalue weighted by molar-refractivity contribution is 5.94. The predicted octanol–water partition coefficient (Wildman–Crippen LogP) is -0.00130. The fourth-order valence-corrected chi connectivity index (χ4v) is 2.28. The largest absolute Gasteiger partial charge is 0.479 e. The second-order valence-electron chi connectivity index (χ2n) is 6.35. The van der Waals surface area contributed by atoms with Crippen LogP contribution in [0, 0.1) is 0 Å². The Morgan fingerprint density at radius 2 is 2.13 bits per heavy atom. The van der Waals surface area contributed by atoms with E-state index in [1.54, 1.807) is 20.8 Å². The van der Waals surface area contributed by atoms with Crippen LogP contribution in [0.4, 0.5) is 4.79 Å². The summed E-state index contributed by atoms with van der Waals surface area (Å²) in [5.74, 6) is -1.67. The van der Waals surface area contributed by atoms with Crippen molar-refractivity contribution < 1.29 is 24.2 Å². The Kier molecular flexibility index (Phi) is 4.26. The number of carbonyl (C=O) groups is 3. The maximum atomic E-state index is 12.2. The molecule has 3 N–H and O–H groups in total. The van der Waals surface area contributed by atoms with Crippen LogP contribution in [0.2, 0.25) is 0 Å². The number of likely N-dealkylation sites (tertiary alicyclic amines) is 1. The molecule has 2 heterocycles. The van der Waals surface area contributed by atoms with Crippen molar-refractivity contribution in [1.29, 1.82) is 0 Å². The number of amides is 2. The van der Waals surface area contributed by atoms with Crippen molar-refractivity contribution in [2.75, 3.05) is 13.1 Å². The van der Waals surface area contributed by atoms with E-state index < -0.39 is 29.1 Å². The van der Waals surface area contributed by atoms with Gasteiger partial charge in [-0.05, 0) is 20.8 Å². The summed E-state index contributed by atoms with van der Waals surface area (Å²) in [6.07, 6.45) is 0.492. The molecule has 1 aromatic heterocycles. The van der Waals surface area contributed by atoms with Gasteiger partial charge in [-0.3, -0.25) is 4.79 Å². The van der Waals surface area contributed by atoms with E-state index in [-0.39, 0.29) is 25.2 Å². The van der Waals surface area contributed by atoms with Crippen LogP contribution in [0.25, 0.3) is 0 Å². The average Bonchev–Trinajstić information content (AvgIpc) is 3.05. The molecule has 1 aromatic rings. The van der Waals surface area contributed by atoms with E-state index in [1.807, 2.05) is 0 Å². The fraction of sp³-hybridized carbons (Fsp3) is 0.615. The maximum Gasteiger partial charge on any atom is 0.408 e. The van der Waals surface area contributed by atoms with Gasteiger partial charge in [0, 0.05) is 13.0 Å². The molecule has 1 aliphatic rings. The summed E-state index contributed by atoms with van der Waals surface area (Å²) in [5.41, 5.74) is -2.25. The SMILES string of the molecule is CC(C)(C)OC(=O)NC1(C(=O)O)CCN(C(=O)c2cn[nH]n2)C1. The number of aromatic amines is 1. The minimum Gasteiger partial charge on any atom is -0.479 e. The van der Waals surface area contributed by atoms with Crippen LogP contribution >= 0.6 is 0 Å². The van der Waals surface area contributed by atoms with E-state index in [0.717, 1.165) is 0 Å². The number of carboxylic acids is 1. The number of carboxylic acid groups (broad SMARTS) is 1. The average molecular weight is 325 g/mol. The van der Waals surface area contributed by atoms with Crippen LogP contribution in [0.15, 0.2) is 6.20 Å². The van der Waals surface area contributed by atoms with Gasteiger partial charge < -0.3 is 20.1 Å². The smallest absolute Gasteiger partial charge is 0.408 e. The van der Waals surface area contributed by atoms with Crippen molar-refractivity contribution in [3.8, 4) is 0 Å². The monoisotopic (exact) mass is 325 g/mol. The summed E-state index contributed by atoms with van der Waals surface area (Å²) in [4.78, 5) is 37.0. The first-order valence-corrected chi connectivity index (χ1v) is 7.03. The molecule has 2 rings (SSSR count). The summed E-state index contributed by atoms with van der Waals surface area (Å²) in [7, 11) is 0. The van der Waals surface area contributed by atoms with Gasteiger partial charge in [0.25, 0.3) is 5.91 Å². The lowest BCUT2D eigenvalue weighted by Gasteiger charge is -2.28. The Morgan fingerprint density at radius 1 is 1.43 bits per heavy atom. The topological polar surface area (TPSA) is 138 Å². The number of nitrogens with zero attached hydrogens (tertiary/aromatic N) is 3. The molecule has 2 amide bonds. The number of aromatic nitrogens is 3. The third-order valence-electron chi connectivity index (χ3n) is 3.34. The highest BCUT2D eigenvalue weighted by atomic mass is 16.6. The summed E-state index contributed by atoms with van der Waals surface area (Å²) in [6.45, 7) is 5.03. The maximum absolute atomic E-state index is 12.2. The van der Waals surface area contributed by atoms with Crippen molar-refractivity contribution in [3.05, 3.63) is 11.9 Å². The van der Waals surface area contributed by atoms with Crippen LogP contribution in [-0.4, -0.2) is 67.6 Å². The van der Waals surface area contributed by atoms with Crippen molar-refractivity contribution >= 4 is 18.0 Å². The molecular formula is C13H19N5O5. The van der Waals surface area contributed by atoms with Gasteiger partial charge in [0.05, 0.1) is 12.7 Å². The van der Waals surface area contributed by atoms with Gasteiger partial charge in [0.15, 0.2) is 11.2 Å². The van der Waals surface area contributed by atoms with Crippen molar-refractivity contribution in [3.63, 3.8) is 0 Å². The number of aliphatic carboxylic acids is 1. The Labute approximate surface area is 132 Å². The molecule has 1 unspecified atom stereocenters. The molecule has 0 spiro atoms. The molecular weight excluding hydrogens is 306 g/mol. The van der Waals surface area contributed by atoms with E-state index in [1.165, 1.54) is 11.1 Å². The summed E-state index contributed by atoms with van der Waals surface area (Å²) < 4.78 is 5.10. The molecule has 0 bridgehead atoms. The van der Waals surface area contributed by atoms with E-state index in [9.17, 15) is 19.5 Å². The van der Waals surface area contributed by atoms with Crippen LogP contribution in [-0.2, 0) is 9.53 Å². The Morgan fingerprint density at radius 3 is 2.65 bits per heavy atom. The predicted molar refractivity (Wildman–Crippen MR) is 76.6 cm³/mol. The fourth-order valence-electron chi connectivity index (χ4n) is 2.28. The second kappa shape index (κ2) is 5.86. The van der Waals surface area contributed by atoms with Crippen molar-refractivity contribution in [2.45, 2.75) is 38.3 Å². The Bertz CT molecular complexity index is 609. The lowest BCUT2D eigenvalue weighted by molar-refractivity contribution is -0.144. The molecule has 0 saturated carbocycles. The van der Waals surface area contributed by atoms with Crippen molar-refractivity contribution in [2.24, 2.45) is 0 Å². The van der Waals surface area contributed by atoms with Crippen LogP contribution in [0.1, 0.15) is 37.7 Å². The first-order chi connectivity index (χ1) is 10.6. The first-order valence-electron chi connectivity index (χ1n) is 7.03. The van der Waals surface area contributed by atoms with Gasteiger partial charge in [0.2, 0.25) is 0 Å². The normalized spacial score (nSPS) is 21.1. The number of hydrogen-bond acceptors (Lipinski definition) is 6. The molecule has 10 nitrogen and oxygen atoms in total. The molecule has 0 aliphatic carbocycles. The lowest BCUT2D eigenvalue weighted by Crippen LogP contribution is -2.57. The third kappa shape index (κ3) is 3.76. The number of carbonyl (C=O) groups excluding carboxylic acids is 2. The summed E-state index contributed by atoms with van der Waals surface area (Å²) >= 11 is 0. The van der Waals surface area contributed by atoms with E-state index in [2.05, 4.69) is 20.7 Å². The van der Waals surface area contributed by atoms with Gasteiger partial charge in [0.1, 0.15) is 5.60 Å². The van der Waals surface area contributed by atoms with Gasteiger partial charge in [-0.15, -0.1) is 0 Å². The molecule has 126 valence electrons. The van der Waals surface area contributed by atoms with E-state index in [0.29, 0.717) is 0 Å². The van der Waals surface area contributed by atoms with Gasteiger partial charge in [-0.2, -0.15) is 15.4 Å². The number of H-pyrrole nitrogens is 1. The minimum atomic E-state index is -1.58. The Hall–Kier alpha value is -2.65. The molecule has 0 radical (unpaired) electrons. The standard InChI is InChI=1S/C13H19N5O5/c1-12(2,3)23-11(22)15-13(10(20)21)4-5-18(7-13)9(19)8-6-14-17-16-8/h6H,4-5,7H2,1-3H3,(H,15,22)(H,20,21)(H,14,16,17).